The van der Waals surface area contributed by atoms with Crippen LogP contribution in [0.25, 0.3) is 22.6 Å². The molecular weight excluding hydrogens is 495 g/mol. The highest BCUT2D eigenvalue weighted by molar-refractivity contribution is 5.98. The van der Waals surface area contributed by atoms with Crippen LogP contribution in [0.5, 0.6) is 0 Å². The summed E-state index contributed by atoms with van der Waals surface area (Å²) in [4.78, 5) is 17.3. The molecule has 5 aromatic rings. The molecule has 0 aliphatic heterocycles. The van der Waals surface area contributed by atoms with E-state index in [1.807, 2.05) is 27.0 Å². The van der Waals surface area contributed by atoms with Crippen molar-refractivity contribution in [2.75, 3.05) is 0 Å². The minimum atomic E-state index is -4.60. The number of carbonyl (C=O) groups is 1. The van der Waals surface area contributed by atoms with Crippen molar-refractivity contribution in [3.63, 3.8) is 0 Å². The summed E-state index contributed by atoms with van der Waals surface area (Å²) >= 11 is 0. The number of halogens is 3. The lowest BCUT2D eigenvalue weighted by Crippen LogP contribution is -2.11. The first-order valence-electron chi connectivity index (χ1n) is 11.8. The summed E-state index contributed by atoms with van der Waals surface area (Å²) in [5.74, 6) is -0.436. The molecule has 5 rings (SSSR count). The van der Waals surface area contributed by atoms with Crippen LogP contribution in [0, 0.1) is 20.8 Å². The normalized spacial score (nSPS) is 11.8. The number of hydrogen-bond acceptors (Lipinski definition) is 5. The highest BCUT2D eigenvalue weighted by Gasteiger charge is 2.32. The second kappa shape index (κ2) is 9.40. The van der Waals surface area contributed by atoms with Gasteiger partial charge in [-0.2, -0.15) is 18.3 Å². The second-order valence-corrected chi connectivity index (χ2v) is 9.23. The van der Waals surface area contributed by atoms with Crippen LogP contribution in [0.4, 0.5) is 13.2 Å². The molecule has 0 fully saturated rings. The fourth-order valence-corrected chi connectivity index (χ4v) is 4.20. The Morgan fingerprint density at radius 1 is 1.03 bits per heavy atom. The van der Waals surface area contributed by atoms with Crippen molar-refractivity contribution in [3.8, 4) is 22.6 Å². The monoisotopic (exact) mass is 519 g/mol. The van der Waals surface area contributed by atoms with Gasteiger partial charge in [-0.3, -0.25) is 9.48 Å². The van der Waals surface area contributed by atoms with Crippen LogP contribution in [0.1, 0.15) is 38.4 Å². The molecule has 0 unspecified atom stereocenters. The van der Waals surface area contributed by atoms with Crippen LogP contribution < -0.4 is 0 Å². The van der Waals surface area contributed by atoms with Crippen LogP contribution in [0.3, 0.4) is 0 Å². The van der Waals surface area contributed by atoms with E-state index in [1.54, 1.807) is 47.0 Å². The lowest BCUT2D eigenvalue weighted by Gasteiger charge is -2.13. The standard InChI is InChI=1S/C27H24F3N7O/c1-16-5-6-19(7-25(16)37-14-24(33-34-37)23-12-32-35(4)18(23)3)8-26(38)20-9-21(27(28,29)30)11-22(10-20)36-13-17(2)31-15-36/h5-7,9-15H,8H2,1-4H3. The van der Waals surface area contributed by atoms with Crippen LogP contribution in [0.2, 0.25) is 0 Å². The van der Waals surface area contributed by atoms with E-state index in [4.69, 9.17) is 0 Å². The molecule has 2 aromatic carbocycles. The number of imidazole rings is 1. The van der Waals surface area contributed by atoms with Gasteiger partial charge in [0.1, 0.15) is 5.69 Å². The van der Waals surface area contributed by atoms with Gasteiger partial charge in [0.25, 0.3) is 0 Å². The summed E-state index contributed by atoms with van der Waals surface area (Å²) < 4.78 is 45.8. The lowest BCUT2D eigenvalue weighted by molar-refractivity contribution is -0.137. The van der Waals surface area contributed by atoms with E-state index >= 15 is 0 Å². The molecule has 3 aromatic heterocycles. The van der Waals surface area contributed by atoms with E-state index in [0.29, 0.717) is 22.6 Å². The molecule has 0 saturated heterocycles. The van der Waals surface area contributed by atoms with E-state index in [0.717, 1.165) is 29.0 Å². The molecule has 0 amide bonds. The van der Waals surface area contributed by atoms with E-state index in [2.05, 4.69) is 20.4 Å². The zero-order valence-electron chi connectivity index (χ0n) is 21.2. The fourth-order valence-electron chi connectivity index (χ4n) is 4.20. The Balaban J connectivity index is 1.45. The number of Topliss-reactive ketones (excluding diaryl/α,β-unsaturated/α-hetero) is 1. The van der Waals surface area contributed by atoms with Crippen molar-refractivity contribution in [1.82, 2.24) is 34.3 Å². The molecule has 38 heavy (non-hydrogen) atoms. The molecule has 194 valence electrons. The van der Waals surface area contributed by atoms with Gasteiger partial charge in [-0.05, 0) is 56.2 Å². The number of rotatable bonds is 6. The highest BCUT2D eigenvalue weighted by atomic mass is 19.4. The smallest absolute Gasteiger partial charge is 0.306 e. The number of benzene rings is 2. The van der Waals surface area contributed by atoms with Crippen LogP contribution in [-0.2, 0) is 19.6 Å². The summed E-state index contributed by atoms with van der Waals surface area (Å²) in [5, 5.41) is 12.8. The minimum Gasteiger partial charge on any atom is -0.306 e. The third-order valence-corrected chi connectivity index (χ3v) is 6.47. The van der Waals surface area contributed by atoms with Crippen molar-refractivity contribution in [3.05, 3.63) is 95.0 Å². The third kappa shape index (κ3) is 4.86. The average Bonchev–Trinajstić information content (AvgIpc) is 3.60. The van der Waals surface area contributed by atoms with E-state index in [1.165, 1.54) is 17.0 Å². The number of carbonyl (C=O) groups excluding carboxylic acids is 1. The van der Waals surface area contributed by atoms with Gasteiger partial charge in [-0.15, -0.1) is 5.10 Å². The zero-order chi connectivity index (χ0) is 27.2. The van der Waals surface area contributed by atoms with Gasteiger partial charge in [-0.1, -0.05) is 17.3 Å². The van der Waals surface area contributed by atoms with Crippen molar-refractivity contribution in [1.29, 1.82) is 0 Å². The number of aryl methyl sites for hydroxylation is 3. The van der Waals surface area contributed by atoms with Crippen LogP contribution >= 0.6 is 0 Å². The summed E-state index contributed by atoms with van der Waals surface area (Å²) in [6.45, 7) is 5.58. The molecule has 0 radical (unpaired) electrons. The van der Waals surface area contributed by atoms with E-state index in [9.17, 15) is 18.0 Å². The molecule has 0 atom stereocenters. The SMILES string of the molecule is Cc1cn(-c2cc(C(=O)Cc3ccc(C)c(-n4cc(-c5cnn(C)c5C)nn4)c3)cc(C(F)(F)F)c2)cn1. The molecular formula is C27H24F3N7O. The summed E-state index contributed by atoms with van der Waals surface area (Å²) in [6, 6.07) is 8.79. The van der Waals surface area contributed by atoms with Crippen molar-refractivity contribution in [2.24, 2.45) is 7.05 Å². The topological polar surface area (TPSA) is 83.4 Å². The predicted octanol–water partition coefficient (Wildman–Crippen LogP) is 5.22. The van der Waals surface area contributed by atoms with Gasteiger partial charge in [0, 0.05) is 42.2 Å². The van der Waals surface area contributed by atoms with Gasteiger partial charge < -0.3 is 4.57 Å². The number of ketones is 1. The first kappa shape index (κ1) is 25.1. The molecule has 8 nitrogen and oxygen atoms in total. The minimum absolute atomic E-state index is 0.0293. The molecule has 0 saturated carbocycles. The molecule has 3 heterocycles. The maximum absolute atomic E-state index is 13.6. The molecule has 0 aliphatic carbocycles. The van der Waals surface area contributed by atoms with Gasteiger partial charge in [0.2, 0.25) is 0 Å². The van der Waals surface area contributed by atoms with E-state index < -0.39 is 17.5 Å². The fraction of sp³-hybridized carbons (Fsp3) is 0.222. The Morgan fingerprint density at radius 3 is 2.47 bits per heavy atom. The number of aromatic nitrogens is 7. The van der Waals surface area contributed by atoms with Crippen molar-refractivity contribution < 1.29 is 18.0 Å². The second-order valence-electron chi connectivity index (χ2n) is 9.23. The van der Waals surface area contributed by atoms with Gasteiger partial charge >= 0.3 is 6.18 Å². The maximum atomic E-state index is 13.6. The Kier molecular flexibility index (Phi) is 6.22. The Hall–Kier alpha value is -4.54. The van der Waals surface area contributed by atoms with Crippen LogP contribution in [-0.4, -0.2) is 40.1 Å². The van der Waals surface area contributed by atoms with Crippen LogP contribution in [0.15, 0.2) is 61.3 Å². The largest absolute Gasteiger partial charge is 0.416 e. The summed E-state index contributed by atoms with van der Waals surface area (Å²) in [6.07, 6.45) is 1.85. The Bertz CT molecular complexity index is 1660. The van der Waals surface area contributed by atoms with Gasteiger partial charge in [0.15, 0.2) is 5.78 Å². The van der Waals surface area contributed by atoms with E-state index in [-0.39, 0.29) is 17.7 Å². The molecule has 0 spiro atoms. The van der Waals surface area contributed by atoms with Gasteiger partial charge in [-0.25, -0.2) is 9.67 Å². The first-order valence-corrected chi connectivity index (χ1v) is 11.8. The Morgan fingerprint density at radius 2 is 1.82 bits per heavy atom. The Labute approximate surface area is 216 Å². The zero-order valence-corrected chi connectivity index (χ0v) is 21.2. The summed E-state index contributed by atoms with van der Waals surface area (Å²) in [7, 11) is 1.84. The number of alkyl halides is 3. The average molecular weight is 520 g/mol. The summed E-state index contributed by atoms with van der Waals surface area (Å²) in [5.41, 5.74) is 4.66. The highest BCUT2D eigenvalue weighted by Crippen LogP contribution is 2.32. The maximum Gasteiger partial charge on any atom is 0.416 e. The molecule has 0 bridgehead atoms. The first-order chi connectivity index (χ1) is 18.0. The quantitative estimate of drug-likeness (QED) is 0.287. The van der Waals surface area contributed by atoms with Crippen molar-refractivity contribution >= 4 is 5.78 Å². The third-order valence-electron chi connectivity index (χ3n) is 6.47. The molecule has 0 aliphatic rings. The molecule has 11 heteroatoms. The predicted molar refractivity (Wildman–Crippen MR) is 134 cm³/mol. The molecule has 0 N–H and O–H groups in total. The lowest BCUT2D eigenvalue weighted by atomic mass is 9.99. The number of hydrogen-bond donors (Lipinski definition) is 0. The van der Waals surface area contributed by atoms with Crippen molar-refractivity contribution in [2.45, 2.75) is 33.4 Å². The van der Waals surface area contributed by atoms with Gasteiger partial charge in [0.05, 0.1) is 35.7 Å². The number of nitrogens with zero attached hydrogens (tertiary/aromatic N) is 7.